The first-order valence-electron chi connectivity index (χ1n) is 21.7. The van der Waals surface area contributed by atoms with E-state index in [1.807, 2.05) is 6.92 Å². The maximum absolute atomic E-state index is 10.3. The molecule has 8 atom stereocenters. The predicted octanol–water partition coefficient (Wildman–Crippen LogP) is 13.0. The van der Waals surface area contributed by atoms with Gasteiger partial charge in [0.1, 0.15) is 0 Å². The van der Waals surface area contributed by atoms with Gasteiger partial charge in [0.25, 0.3) is 0 Å². The normalized spacial score (nSPS) is 24.0. The van der Waals surface area contributed by atoms with Gasteiger partial charge in [-0.3, -0.25) is 0 Å². The summed E-state index contributed by atoms with van der Waals surface area (Å²) in [6, 6.07) is 0. The van der Waals surface area contributed by atoms with Gasteiger partial charge in [-0.05, 0) is 122 Å². The fourth-order valence-corrected chi connectivity index (χ4v) is 6.93. The SMILES string of the molecule is C.CC(C)(C)CCC1CCC(C(C)(C)C)C(O)C1.CC(C)(C)CCC1CCC(O)C(C(C)(C)C)C1.CCC.CCC(C)COC.CCC(O)COC.CO. The van der Waals surface area contributed by atoms with E-state index >= 15 is 0 Å². The highest BCUT2D eigenvalue weighted by atomic mass is 16.5. The number of rotatable bonds is 10. The molecule has 0 aromatic carbocycles. The van der Waals surface area contributed by atoms with Crippen molar-refractivity contribution in [2.75, 3.05) is 34.5 Å². The summed E-state index contributed by atoms with van der Waals surface area (Å²) in [6.07, 6.45) is 15.0. The number of aliphatic hydroxyl groups excluding tert-OH is 4. The first-order valence-corrected chi connectivity index (χ1v) is 21.7. The van der Waals surface area contributed by atoms with E-state index < -0.39 is 0 Å². The molecule has 4 N–H and O–H groups in total. The summed E-state index contributed by atoms with van der Waals surface area (Å²) in [5, 5.41) is 36.2. The van der Waals surface area contributed by atoms with Crippen LogP contribution in [0.1, 0.15) is 209 Å². The average Bonchev–Trinajstić information content (AvgIpc) is 3.04. The molecule has 0 heterocycles. The van der Waals surface area contributed by atoms with E-state index in [0.717, 1.165) is 50.7 Å². The van der Waals surface area contributed by atoms with E-state index in [2.05, 4.69) is 116 Å². The molecule has 2 aliphatic carbocycles. The number of ether oxygens (including phenoxy) is 2. The average molecular weight is 779 g/mol. The Kier molecular flexibility index (Phi) is 39.3. The zero-order valence-electron chi connectivity index (χ0n) is 39.8. The van der Waals surface area contributed by atoms with Crippen molar-refractivity contribution in [2.24, 2.45) is 51.2 Å². The van der Waals surface area contributed by atoms with E-state index in [9.17, 15) is 10.2 Å². The minimum absolute atomic E-state index is 0. The highest BCUT2D eigenvalue weighted by Gasteiger charge is 2.37. The summed E-state index contributed by atoms with van der Waals surface area (Å²) in [5.74, 6) is 3.30. The largest absolute Gasteiger partial charge is 0.400 e. The van der Waals surface area contributed by atoms with Gasteiger partial charge in [0.2, 0.25) is 0 Å². The molecule has 0 bridgehead atoms. The van der Waals surface area contributed by atoms with Gasteiger partial charge in [-0.15, -0.1) is 0 Å². The highest BCUT2D eigenvalue weighted by Crippen LogP contribution is 2.43. The second-order valence-corrected chi connectivity index (χ2v) is 20.8. The van der Waals surface area contributed by atoms with Crippen molar-refractivity contribution in [2.45, 2.75) is 227 Å². The predicted molar refractivity (Wildman–Crippen MR) is 240 cm³/mol. The molecule has 8 unspecified atom stereocenters. The van der Waals surface area contributed by atoms with E-state index in [1.54, 1.807) is 14.2 Å². The molecule has 2 saturated carbocycles. The van der Waals surface area contributed by atoms with Gasteiger partial charge >= 0.3 is 0 Å². The molecule has 2 rings (SSSR count). The standard InChI is InChI=1S/2C16H32O.C6H14O.C5H12O2.C3H8.CH4O.CH4/c1-15(2,3)10-9-12-7-8-14(17)13(11-12)16(4,5)6;1-15(2,3)10-9-12-7-8-13(14(17)11-12)16(4,5)6;1-4-6(2)5-7-3;1-3-5(6)4-7-2;1-3-2;1-2;/h2*12-14,17H,7-11H2,1-6H3;6H,4-5H2,1-3H3;5-6H,3-4H2,1-2H3;3H2,1-2H3;2H,1H3;1H4. The third kappa shape index (κ3) is 37.3. The first kappa shape index (κ1) is 62.9. The Morgan fingerprint density at radius 1 is 0.574 bits per heavy atom. The minimum Gasteiger partial charge on any atom is -0.400 e. The van der Waals surface area contributed by atoms with Crippen LogP contribution in [0.5, 0.6) is 0 Å². The van der Waals surface area contributed by atoms with Crippen LogP contribution in [-0.2, 0) is 9.47 Å². The minimum atomic E-state index is -0.273. The molecule has 6 nitrogen and oxygen atoms in total. The maximum Gasteiger partial charge on any atom is 0.0770 e. The Hall–Kier alpha value is -0.240. The molecule has 0 aromatic heterocycles. The molecule has 54 heavy (non-hydrogen) atoms. The summed E-state index contributed by atoms with van der Waals surface area (Å²) >= 11 is 0. The third-order valence-corrected chi connectivity index (χ3v) is 10.7. The number of hydrogen-bond donors (Lipinski definition) is 4. The van der Waals surface area contributed by atoms with Crippen molar-refractivity contribution >= 4 is 0 Å². The molecule has 6 heteroatoms. The van der Waals surface area contributed by atoms with Crippen LogP contribution in [0.2, 0.25) is 0 Å². The van der Waals surface area contributed by atoms with Crippen molar-refractivity contribution in [3.8, 4) is 0 Å². The second-order valence-electron chi connectivity index (χ2n) is 20.8. The van der Waals surface area contributed by atoms with E-state index in [4.69, 9.17) is 14.9 Å². The quantitative estimate of drug-likeness (QED) is 0.176. The Balaban J connectivity index is -0.000000201. The topological polar surface area (TPSA) is 99.4 Å². The fraction of sp³-hybridized carbons (Fsp3) is 1.00. The van der Waals surface area contributed by atoms with Gasteiger partial charge in [0, 0.05) is 27.9 Å². The summed E-state index contributed by atoms with van der Waals surface area (Å²) in [5.41, 5.74) is 1.40. The lowest BCUT2D eigenvalue weighted by Crippen LogP contribution is -2.37. The van der Waals surface area contributed by atoms with Gasteiger partial charge in [0.05, 0.1) is 24.9 Å². The molecule has 0 aliphatic heterocycles. The number of aliphatic hydroxyl groups is 4. The third-order valence-electron chi connectivity index (χ3n) is 10.7. The molecule has 0 amide bonds. The molecule has 0 aromatic rings. The van der Waals surface area contributed by atoms with E-state index in [-0.39, 0.29) is 36.6 Å². The van der Waals surface area contributed by atoms with Crippen molar-refractivity contribution < 1.29 is 29.9 Å². The zero-order valence-corrected chi connectivity index (χ0v) is 39.8. The van der Waals surface area contributed by atoms with Crippen molar-refractivity contribution in [3.05, 3.63) is 0 Å². The Labute approximate surface area is 341 Å². The Bertz CT molecular complexity index is 760. The lowest BCUT2D eigenvalue weighted by Gasteiger charge is -2.41. The van der Waals surface area contributed by atoms with Crippen LogP contribution < -0.4 is 0 Å². The smallest absolute Gasteiger partial charge is 0.0770 e. The van der Waals surface area contributed by atoms with Crippen LogP contribution in [-0.4, -0.2) is 73.3 Å². The highest BCUT2D eigenvalue weighted by molar-refractivity contribution is 4.88. The second kappa shape index (κ2) is 33.7. The van der Waals surface area contributed by atoms with Crippen LogP contribution >= 0.6 is 0 Å². The van der Waals surface area contributed by atoms with E-state index in [0.29, 0.717) is 29.3 Å². The molecular weight excluding hydrogens is 673 g/mol. The molecular formula is C48H106O6. The monoisotopic (exact) mass is 779 g/mol. The summed E-state index contributed by atoms with van der Waals surface area (Å²) in [7, 11) is 4.32. The summed E-state index contributed by atoms with van der Waals surface area (Å²) in [6.45, 7) is 39.4. The number of hydrogen-bond acceptors (Lipinski definition) is 6. The Morgan fingerprint density at radius 3 is 1.24 bits per heavy atom. The molecule has 0 spiro atoms. The first-order chi connectivity index (χ1) is 24.2. The van der Waals surface area contributed by atoms with Crippen LogP contribution in [0.25, 0.3) is 0 Å². The van der Waals surface area contributed by atoms with Crippen molar-refractivity contribution in [1.29, 1.82) is 0 Å². The molecule has 334 valence electrons. The molecule has 0 radical (unpaired) electrons. The fourth-order valence-electron chi connectivity index (χ4n) is 6.93. The molecule has 2 fully saturated rings. The Morgan fingerprint density at radius 2 is 0.963 bits per heavy atom. The van der Waals surface area contributed by atoms with Gasteiger partial charge in [-0.25, -0.2) is 0 Å². The summed E-state index contributed by atoms with van der Waals surface area (Å²) in [4.78, 5) is 0. The lowest BCUT2D eigenvalue weighted by atomic mass is 9.66. The summed E-state index contributed by atoms with van der Waals surface area (Å²) < 4.78 is 9.54. The van der Waals surface area contributed by atoms with E-state index in [1.165, 1.54) is 64.2 Å². The maximum atomic E-state index is 10.3. The lowest BCUT2D eigenvalue weighted by molar-refractivity contribution is -0.0117. The van der Waals surface area contributed by atoms with Gasteiger partial charge < -0.3 is 29.9 Å². The van der Waals surface area contributed by atoms with Crippen LogP contribution in [0.15, 0.2) is 0 Å². The van der Waals surface area contributed by atoms with Gasteiger partial charge in [-0.2, -0.15) is 0 Å². The van der Waals surface area contributed by atoms with Crippen molar-refractivity contribution in [1.82, 2.24) is 0 Å². The number of methoxy groups -OCH3 is 2. The van der Waals surface area contributed by atoms with Crippen LogP contribution in [0, 0.1) is 51.2 Å². The molecule has 0 saturated heterocycles. The van der Waals surface area contributed by atoms with Crippen LogP contribution in [0.3, 0.4) is 0 Å². The van der Waals surface area contributed by atoms with Gasteiger partial charge in [-0.1, -0.05) is 138 Å². The van der Waals surface area contributed by atoms with Gasteiger partial charge in [0.15, 0.2) is 0 Å². The van der Waals surface area contributed by atoms with Crippen LogP contribution in [0.4, 0.5) is 0 Å². The van der Waals surface area contributed by atoms with Crippen molar-refractivity contribution in [3.63, 3.8) is 0 Å². The molecule has 2 aliphatic rings. The zero-order chi connectivity index (χ0) is 42.6.